The van der Waals surface area contributed by atoms with Crippen LogP contribution in [0.3, 0.4) is 0 Å². The second-order valence-corrected chi connectivity index (χ2v) is 5.36. The number of rotatable bonds is 4. The van der Waals surface area contributed by atoms with Crippen LogP contribution < -0.4 is 5.32 Å². The molecule has 0 spiro atoms. The first kappa shape index (κ1) is 13.8. The van der Waals surface area contributed by atoms with E-state index in [4.69, 9.17) is 4.42 Å². The maximum absolute atomic E-state index is 11.9. The molecule has 0 aliphatic rings. The average Bonchev–Trinajstić information content (AvgIpc) is 2.86. The molecule has 0 aliphatic carbocycles. The lowest BCUT2D eigenvalue weighted by molar-refractivity contribution is 0.102. The van der Waals surface area contributed by atoms with Gasteiger partial charge in [0.05, 0.1) is 11.8 Å². The molecule has 2 rings (SSSR count). The molecule has 0 bridgehead atoms. The van der Waals surface area contributed by atoms with Gasteiger partial charge in [0, 0.05) is 16.7 Å². The van der Waals surface area contributed by atoms with Crippen LogP contribution in [0.15, 0.2) is 45.7 Å². The number of carbonyl (C=O) groups is 1. The normalized spacial score (nSPS) is 10.7. The van der Waals surface area contributed by atoms with E-state index in [2.05, 4.69) is 26.1 Å². The molecule has 0 aliphatic heterocycles. The molecule has 1 N–H and O–H groups in total. The molecule has 0 unspecified atom stereocenters. The number of furan rings is 1. The van der Waals surface area contributed by atoms with Crippen molar-refractivity contribution in [1.29, 1.82) is 0 Å². The Balaban J connectivity index is 2.10. The zero-order chi connectivity index (χ0) is 13.8. The summed E-state index contributed by atoms with van der Waals surface area (Å²) in [5.74, 6) is -0.180. The first-order chi connectivity index (χ1) is 9.06. The van der Waals surface area contributed by atoms with Crippen molar-refractivity contribution in [2.24, 2.45) is 0 Å². The van der Waals surface area contributed by atoms with Crippen LogP contribution in [0.2, 0.25) is 0 Å². The van der Waals surface area contributed by atoms with Gasteiger partial charge in [-0.05, 0) is 37.9 Å². The van der Waals surface area contributed by atoms with Gasteiger partial charge in [-0.15, -0.1) is 0 Å². The predicted molar refractivity (Wildman–Crippen MR) is 78.2 cm³/mol. The third-order valence-electron chi connectivity index (χ3n) is 2.58. The molecule has 19 heavy (non-hydrogen) atoms. The fraction of sp³-hybridized carbons (Fsp3) is 0.214. The highest BCUT2D eigenvalue weighted by Crippen LogP contribution is 2.23. The second kappa shape index (κ2) is 6.04. The first-order valence-electron chi connectivity index (χ1n) is 5.83. The summed E-state index contributed by atoms with van der Waals surface area (Å²) in [5, 5.41) is 2.82. The van der Waals surface area contributed by atoms with Gasteiger partial charge >= 0.3 is 0 Å². The van der Waals surface area contributed by atoms with Crippen LogP contribution in [-0.4, -0.2) is 24.9 Å². The van der Waals surface area contributed by atoms with E-state index in [-0.39, 0.29) is 5.91 Å². The van der Waals surface area contributed by atoms with Crippen LogP contribution in [0.25, 0.3) is 0 Å². The van der Waals surface area contributed by atoms with E-state index < -0.39 is 0 Å². The van der Waals surface area contributed by atoms with Crippen molar-refractivity contribution >= 4 is 27.5 Å². The Bertz CT molecular complexity index is 565. The number of nitrogens with zero attached hydrogens (tertiary/aromatic N) is 1. The number of hydrogen-bond donors (Lipinski definition) is 1. The van der Waals surface area contributed by atoms with Crippen LogP contribution in [0.5, 0.6) is 0 Å². The van der Waals surface area contributed by atoms with Crippen molar-refractivity contribution in [2.75, 3.05) is 19.4 Å². The molecule has 4 nitrogen and oxygen atoms in total. The molecule has 2 aromatic rings. The largest absolute Gasteiger partial charge is 0.472 e. The molecule has 0 atom stereocenters. The van der Waals surface area contributed by atoms with Gasteiger partial charge in [-0.1, -0.05) is 22.0 Å². The standard InChI is InChI=1S/C14H15BrN2O2/c1-17(2)8-10-3-4-12(7-13(10)15)16-14(18)11-5-6-19-9-11/h3-7,9H,8H2,1-2H3,(H,16,18). The summed E-state index contributed by atoms with van der Waals surface area (Å²) in [6, 6.07) is 7.41. The van der Waals surface area contributed by atoms with E-state index in [9.17, 15) is 4.79 Å². The Hall–Kier alpha value is -1.59. The topological polar surface area (TPSA) is 45.5 Å². The van der Waals surface area contributed by atoms with Crippen LogP contribution in [0.1, 0.15) is 15.9 Å². The third-order valence-corrected chi connectivity index (χ3v) is 3.32. The van der Waals surface area contributed by atoms with Crippen molar-refractivity contribution in [1.82, 2.24) is 4.90 Å². The number of anilines is 1. The number of halogens is 1. The summed E-state index contributed by atoms with van der Waals surface area (Å²) in [7, 11) is 4.03. The molecule has 0 saturated heterocycles. The second-order valence-electron chi connectivity index (χ2n) is 4.51. The smallest absolute Gasteiger partial charge is 0.258 e. The maximum atomic E-state index is 11.9. The van der Waals surface area contributed by atoms with Crippen LogP contribution >= 0.6 is 15.9 Å². The van der Waals surface area contributed by atoms with Crippen molar-refractivity contribution in [3.05, 3.63) is 52.4 Å². The van der Waals surface area contributed by atoms with Gasteiger partial charge in [0.1, 0.15) is 6.26 Å². The summed E-state index contributed by atoms with van der Waals surface area (Å²) < 4.78 is 5.86. The van der Waals surface area contributed by atoms with Crippen LogP contribution in [-0.2, 0) is 6.54 Å². The summed E-state index contributed by atoms with van der Waals surface area (Å²) in [6.07, 6.45) is 2.90. The molecule has 0 fully saturated rings. The molecular weight excluding hydrogens is 308 g/mol. The quantitative estimate of drug-likeness (QED) is 0.938. The minimum absolute atomic E-state index is 0.180. The molecule has 1 aromatic heterocycles. The lowest BCUT2D eigenvalue weighted by Crippen LogP contribution is -2.13. The highest BCUT2D eigenvalue weighted by molar-refractivity contribution is 9.10. The van der Waals surface area contributed by atoms with Gasteiger partial charge in [0.2, 0.25) is 0 Å². The van der Waals surface area contributed by atoms with Gasteiger partial charge in [0.25, 0.3) is 5.91 Å². The Morgan fingerprint density at radius 1 is 1.37 bits per heavy atom. The number of nitrogens with one attached hydrogen (secondary N) is 1. The van der Waals surface area contributed by atoms with Crippen molar-refractivity contribution in [2.45, 2.75) is 6.54 Å². The Labute approximate surface area is 120 Å². The molecule has 0 radical (unpaired) electrons. The van der Waals surface area contributed by atoms with E-state index in [1.807, 2.05) is 32.3 Å². The molecule has 5 heteroatoms. The minimum Gasteiger partial charge on any atom is -0.472 e. The predicted octanol–water partition coefficient (Wildman–Crippen LogP) is 3.36. The fourth-order valence-corrected chi connectivity index (χ4v) is 2.20. The SMILES string of the molecule is CN(C)Cc1ccc(NC(=O)c2ccoc2)cc1Br. The number of hydrogen-bond acceptors (Lipinski definition) is 3. The van der Waals surface area contributed by atoms with E-state index in [0.29, 0.717) is 5.56 Å². The summed E-state index contributed by atoms with van der Waals surface area (Å²) in [5.41, 5.74) is 2.43. The van der Waals surface area contributed by atoms with Gasteiger partial charge in [-0.3, -0.25) is 4.79 Å². The molecule has 0 saturated carbocycles. The zero-order valence-electron chi connectivity index (χ0n) is 10.8. The van der Waals surface area contributed by atoms with Gasteiger partial charge < -0.3 is 14.6 Å². The van der Waals surface area contributed by atoms with E-state index in [1.54, 1.807) is 6.07 Å². The molecular formula is C14H15BrN2O2. The lowest BCUT2D eigenvalue weighted by atomic mass is 10.2. The van der Waals surface area contributed by atoms with E-state index in [0.717, 1.165) is 16.7 Å². The third kappa shape index (κ3) is 3.68. The van der Waals surface area contributed by atoms with Crippen molar-refractivity contribution < 1.29 is 9.21 Å². The average molecular weight is 323 g/mol. The van der Waals surface area contributed by atoms with Crippen LogP contribution in [0.4, 0.5) is 5.69 Å². The highest BCUT2D eigenvalue weighted by Gasteiger charge is 2.08. The molecule has 1 amide bonds. The van der Waals surface area contributed by atoms with E-state index in [1.165, 1.54) is 18.1 Å². The number of amides is 1. The highest BCUT2D eigenvalue weighted by atomic mass is 79.9. The lowest BCUT2D eigenvalue weighted by Gasteiger charge is -2.12. The van der Waals surface area contributed by atoms with Gasteiger partial charge in [0.15, 0.2) is 0 Å². The number of benzene rings is 1. The fourth-order valence-electron chi connectivity index (χ4n) is 1.69. The Morgan fingerprint density at radius 2 is 2.16 bits per heavy atom. The minimum atomic E-state index is -0.180. The Morgan fingerprint density at radius 3 is 2.74 bits per heavy atom. The number of carbonyl (C=O) groups excluding carboxylic acids is 1. The summed E-state index contributed by atoms with van der Waals surface area (Å²) >= 11 is 3.52. The first-order valence-corrected chi connectivity index (χ1v) is 6.62. The van der Waals surface area contributed by atoms with Gasteiger partial charge in [-0.25, -0.2) is 0 Å². The molecule has 1 aromatic carbocycles. The Kier molecular flexibility index (Phi) is 4.39. The van der Waals surface area contributed by atoms with Crippen LogP contribution in [0, 0.1) is 0 Å². The van der Waals surface area contributed by atoms with Crippen molar-refractivity contribution in [3.8, 4) is 0 Å². The summed E-state index contributed by atoms with van der Waals surface area (Å²) in [6.45, 7) is 0.844. The molecule has 1 heterocycles. The maximum Gasteiger partial charge on any atom is 0.258 e. The van der Waals surface area contributed by atoms with Crippen molar-refractivity contribution in [3.63, 3.8) is 0 Å². The van der Waals surface area contributed by atoms with Gasteiger partial charge in [-0.2, -0.15) is 0 Å². The van der Waals surface area contributed by atoms with E-state index >= 15 is 0 Å². The zero-order valence-corrected chi connectivity index (χ0v) is 12.4. The molecule has 100 valence electrons. The summed E-state index contributed by atoms with van der Waals surface area (Å²) in [4.78, 5) is 13.9. The monoisotopic (exact) mass is 322 g/mol.